The Morgan fingerprint density at radius 3 is 2.55 bits per heavy atom. The van der Waals surface area contributed by atoms with Crippen molar-refractivity contribution in [3.05, 3.63) is 36.0 Å². The van der Waals surface area contributed by atoms with Crippen molar-refractivity contribution >= 4 is 59.5 Å². The number of carbonyl (C=O) groups excluding carboxylic acids is 3. The van der Waals surface area contributed by atoms with Gasteiger partial charge < -0.3 is 20.1 Å². The van der Waals surface area contributed by atoms with Crippen molar-refractivity contribution in [2.45, 2.75) is 45.6 Å². The molecule has 1 aromatic carbocycles. The van der Waals surface area contributed by atoms with Crippen LogP contribution in [0.1, 0.15) is 38.7 Å². The molecule has 6 N–H and O–H groups in total. The third kappa shape index (κ3) is 11.1. The number of nitrogens with one attached hydrogen (secondary N) is 5. The van der Waals surface area contributed by atoms with E-state index in [0.29, 0.717) is 44.3 Å². The minimum atomic E-state index is -2.84. The Bertz CT molecular complexity index is 1200. The lowest BCUT2D eigenvalue weighted by atomic mass is 9.92. The zero-order valence-electron chi connectivity index (χ0n) is 24.3. The molecule has 1 aliphatic rings. The van der Waals surface area contributed by atoms with Gasteiger partial charge in [-0.15, -0.1) is 23.2 Å². The SMILES string of the molecule is CNC(=O)[C@H](Cc1c[nH]c2ccccc12)NC(=O)[C@@H](CC(=O)NO)CC(C)C.O=P1(NCCCl)OCCCN1CCCl. The number of fused-ring (bicyclic) bond motifs is 1. The molecule has 15 heteroatoms. The molecule has 1 fully saturated rings. The molecule has 236 valence electrons. The van der Waals surface area contributed by atoms with E-state index in [0.717, 1.165) is 29.4 Å². The second-order valence-corrected chi connectivity index (χ2v) is 13.2. The summed E-state index contributed by atoms with van der Waals surface area (Å²) in [5.74, 6) is -0.914. The summed E-state index contributed by atoms with van der Waals surface area (Å²) in [4.78, 5) is 39.9. The first-order valence-corrected chi connectivity index (χ1v) is 16.6. The standard InChI is InChI=1S/C20H28N4O4.C7H15Cl2N2O2P/c1-12(2)8-13(10-18(25)24-28)19(26)23-17(20(27)21-3)9-14-11-22-16-7-5-4-6-15(14)16;8-2-4-10-14(12)11(6-3-9)5-1-7-13-14/h4-7,11-13,17,22,28H,8-10H2,1-3H3,(H,21,27)(H,23,26)(H,24,25);1-7H2,(H,10,12)/t13-,17+;/m1./s1. The maximum atomic E-state index is 12.8. The van der Waals surface area contributed by atoms with Crippen LogP contribution < -0.4 is 21.2 Å². The van der Waals surface area contributed by atoms with E-state index in [4.69, 9.17) is 32.9 Å². The number of nitrogens with zero attached hydrogens (tertiary/aromatic N) is 1. The quantitative estimate of drug-likeness (QED) is 0.0785. The van der Waals surface area contributed by atoms with Crippen LogP contribution in [-0.4, -0.2) is 83.7 Å². The number of rotatable bonds is 14. The summed E-state index contributed by atoms with van der Waals surface area (Å²) in [7, 11) is -1.33. The van der Waals surface area contributed by atoms with Gasteiger partial charge in [-0.25, -0.2) is 15.2 Å². The summed E-state index contributed by atoms with van der Waals surface area (Å²) in [6, 6.07) is 6.96. The lowest BCUT2D eigenvalue weighted by Crippen LogP contribution is -2.49. The van der Waals surface area contributed by atoms with E-state index in [1.54, 1.807) is 10.2 Å². The van der Waals surface area contributed by atoms with Gasteiger partial charge >= 0.3 is 7.67 Å². The zero-order valence-corrected chi connectivity index (χ0v) is 26.7. The highest BCUT2D eigenvalue weighted by Crippen LogP contribution is 2.48. The number of amides is 3. The maximum absolute atomic E-state index is 12.8. The Hall–Kier alpha value is -2.18. The van der Waals surface area contributed by atoms with E-state index in [9.17, 15) is 18.9 Å². The number of aromatic nitrogens is 1. The molecule has 1 aromatic heterocycles. The van der Waals surface area contributed by atoms with Crippen molar-refractivity contribution in [1.29, 1.82) is 0 Å². The highest BCUT2D eigenvalue weighted by molar-refractivity contribution is 7.54. The topological polar surface area (TPSA) is 165 Å². The van der Waals surface area contributed by atoms with Gasteiger partial charge in [0.05, 0.1) is 6.61 Å². The lowest BCUT2D eigenvalue weighted by Gasteiger charge is -2.34. The van der Waals surface area contributed by atoms with Gasteiger partial charge in [0.15, 0.2) is 0 Å². The summed E-state index contributed by atoms with van der Waals surface area (Å²) in [5, 5.41) is 18.0. The average molecular weight is 650 g/mol. The van der Waals surface area contributed by atoms with Gasteiger partial charge in [0.1, 0.15) is 6.04 Å². The van der Waals surface area contributed by atoms with Crippen LogP contribution in [0.2, 0.25) is 0 Å². The molecule has 3 rings (SSSR count). The Morgan fingerprint density at radius 1 is 1.17 bits per heavy atom. The summed E-state index contributed by atoms with van der Waals surface area (Å²) < 4.78 is 19.2. The van der Waals surface area contributed by atoms with E-state index in [1.807, 2.05) is 44.3 Å². The Balaban J connectivity index is 0.000000369. The zero-order chi connectivity index (χ0) is 31.1. The molecule has 0 radical (unpaired) electrons. The van der Waals surface area contributed by atoms with Crippen molar-refractivity contribution in [1.82, 2.24) is 30.9 Å². The molecule has 3 amide bonds. The molecule has 0 bridgehead atoms. The second kappa shape index (κ2) is 18.5. The molecule has 1 unspecified atom stereocenters. The number of halogens is 2. The molecule has 2 heterocycles. The Kier molecular flexibility index (Phi) is 15.8. The fourth-order valence-corrected chi connectivity index (χ4v) is 7.18. The predicted octanol–water partition coefficient (Wildman–Crippen LogP) is 3.38. The number of benzene rings is 1. The summed E-state index contributed by atoms with van der Waals surface area (Å²) in [6.07, 6.45) is 3.36. The van der Waals surface area contributed by atoms with Crippen LogP contribution in [0.15, 0.2) is 30.5 Å². The second-order valence-electron chi connectivity index (χ2n) is 10.3. The van der Waals surface area contributed by atoms with Crippen molar-refractivity contribution in [2.24, 2.45) is 11.8 Å². The number of alkyl halides is 2. The van der Waals surface area contributed by atoms with E-state index in [-0.39, 0.29) is 24.2 Å². The van der Waals surface area contributed by atoms with Crippen molar-refractivity contribution < 1.29 is 28.7 Å². The molecule has 0 aliphatic carbocycles. The third-order valence-electron chi connectivity index (χ3n) is 6.61. The van der Waals surface area contributed by atoms with Gasteiger partial charge in [0.2, 0.25) is 17.7 Å². The lowest BCUT2D eigenvalue weighted by molar-refractivity contribution is -0.136. The number of carbonyl (C=O) groups is 3. The van der Waals surface area contributed by atoms with E-state index in [2.05, 4.69) is 20.7 Å². The summed E-state index contributed by atoms with van der Waals surface area (Å²) in [6.45, 7) is 6.25. The monoisotopic (exact) mass is 648 g/mol. The van der Waals surface area contributed by atoms with Crippen LogP contribution in [0.25, 0.3) is 10.9 Å². The largest absolute Gasteiger partial charge is 0.361 e. The highest BCUT2D eigenvalue weighted by atomic mass is 35.5. The predicted molar refractivity (Wildman–Crippen MR) is 165 cm³/mol. The van der Waals surface area contributed by atoms with Crippen molar-refractivity contribution in [2.75, 3.05) is 45.0 Å². The van der Waals surface area contributed by atoms with E-state index >= 15 is 0 Å². The van der Waals surface area contributed by atoms with Crippen LogP contribution in [0.5, 0.6) is 0 Å². The molecule has 0 saturated carbocycles. The van der Waals surface area contributed by atoms with Crippen LogP contribution in [0, 0.1) is 11.8 Å². The van der Waals surface area contributed by atoms with Crippen molar-refractivity contribution in [3.63, 3.8) is 0 Å². The van der Waals surface area contributed by atoms with Gasteiger partial charge in [-0.1, -0.05) is 32.0 Å². The van der Waals surface area contributed by atoms with E-state index in [1.165, 1.54) is 7.05 Å². The number of likely N-dealkylation sites (N-methyl/N-ethyl adjacent to an activating group) is 1. The smallest absolute Gasteiger partial charge is 0.343 e. The number of hydrogen-bond acceptors (Lipinski definition) is 6. The van der Waals surface area contributed by atoms with Crippen LogP contribution >= 0.6 is 30.9 Å². The summed E-state index contributed by atoms with van der Waals surface area (Å²) in [5.41, 5.74) is 3.44. The van der Waals surface area contributed by atoms with Gasteiger partial charge in [0.25, 0.3) is 0 Å². The Morgan fingerprint density at radius 2 is 1.90 bits per heavy atom. The first-order chi connectivity index (χ1) is 20.1. The molecular formula is C27H43Cl2N6O6P. The van der Waals surface area contributed by atoms with Crippen LogP contribution in [0.4, 0.5) is 0 Å². The number of H-pyrrole nitrogens is 1. The number of hydrogen-bond donors (Lipinski definition) is 6. The number of para-hydroxylation sites is 1. The Labute approximate surface area is 257 Å². The van der Waals surface area contributed by atoms with Gasteiger partial charge in [-0.3, -0.25) is 24.2 Å². The minimum absolute atomic E-state index is 0.145. The fourth-order valence-electron chi connectivity index (χ4n) is 4.63. The first-order valence-electron chi connectivity index (χ1n) is 13.9. The van der Waals surface area contributed by atoms with Gasteiger partial charge in [0, 0.05) is 74.3 Å². The summed E-state index contributed by atoms with van der Waals surface area (Å²) >= 11 is 11.1. The van der Waals surface area contributed by atoms with Gasteiger partial charge in [-0.05, 0) is 30.4 Å². The molecule has 2 aromatic rings. The fraction of sp³-hybridized carbons (Fsp3) is 0.593. The molecule has 1 aliphatic heterocycles. The van der Waals surface area contributed by atoms with Crippen LogP contribution in [0.3, 0.4) is 0 Å². The normalized spacial score (nSPS) is 18.5. The molecule has 0 spiro atoms. The van der Waals surface area contributed by atoms with Gasteiger partial charge in [-0.2, -0.15) is 0 Å². The van der Waals surface area contributed by atoms with Crippen LogP contribution in [-0.2, 0) is 29.9 Å². The van der Waals surface area contributed by atoms with E-state index < -0.39 is 25.5 Å². The highest BCUT2D eigenvalue weighted by Gasteiger charge is 2.34. The molecule has 3 atom stereocenters. The molecular weight excluding hydrogens is 606 g/mol. The first kappa shape index (κ1) is 36.0. The third-order valence-corrected chi connectivity index (χ3v) is 9.27. The molecule has 42 heavy (non-hydrogen) atoms. The average Bonchev–Trinajstić information content (AvgIpc) is 3.39. The molecule has 12 nitrogen and oxygen atoms in total. The maximum Gasteiger partial charge on any atom is 0.343 e. The number of hydroxylamine groups is 1. The van der Waals surface area contributed by atoms with Crippen molar-refractivity contribution in [3.8, 4) is 0 Å². The number of aromatic amines is 1. The molecule has 1 saturated heterocycles. The minimum Gasteiger partial charge on any atom is -0.361 e.